The van der Waals surface area contributed by atoms with E-state index in [1.807, 2.05) is 6.07 Å². The number of benzene rings is 2. The van der Waals surface area contributed by atoms with Crippen molar-refractivity contribution >= 4 is 17.6 Å². The second-order valence-corrected chi connectivity index (χ2v) is 11.4. The first-order chi connectivity index (χ1) is 15.2. The Morgan fingerprint density at radius 3 is 2.12 bits per heavy atom. The number of ether oxygens (including phenoxy) is 1. The number of carbonyl (C=O) groups excluding carboxylic acids is 2. The van der Waals surface area contributed by atoms with Gasteiger partial charge in [0.15, 0.2) is 0 Å². The van der Waals surface area contributed by atoms with Crippen LogP contribution in [-0.4, -0.2) is 22.6 Å². The van der Waals surface area contributed by atoms with Crippen LogP contribution in [0.1, 0.15) is 101 Å². The molecule has 2 N–H and O–H groups in total. The van der Waals surface area contributed by atoms with Gasteiger partial charge in [0.05, 0.1) is 12.5 Å². The van der Waals surface area contributed by atoms with E-state index in [4.69, 9.17) is 4.74 Å². The number of anilines is 1. The van der Waals surface area contributed by atoms with Crippen LogP contribution in [0.25, 0.3) is 0 Å². The molecule has 2 aromatic rings. The van der Waals surface area contributed by atoms with Crippen LogP contribution < -0.4 is 5.32 Å². The molecule has 1 atom stereocenters. The summed E-state index contributed by atoms with van der Waals surface area (Å²) < 4.78 is 5.26. The lowest BCUT2D eigenvalue weighted by Gasteiger charge is -2.42. The van der Waals surface area contributed by atoms with E-state index in [1.165, 1.54) is 11.1 Å². The van der Waals surface area contributed by atoms with Gasteiger partial charge in [-0.2, -0.15) is 0 Å². The highest BCUT2D eigenvalue weighted by atomic mass is 16.6. The Morgan fingerprint density at radius 2 is 1.55 bits per heavy atom. The quantitative estimate of drug-likeness (QED) is 0.542. The number of aliphatic hydroxyl groups excluding tert-OH is 1. The molecule has 0 aliphatic heterocycles. The smallest absolute Gasteiger partial charge is 0.309 e. The molecular weight excluding hydrogens is 414 g/mol. The fourth-order valence-corrected chi connectivity index (χ4v) is 4.39. The molecule has 5 nitrogen and oxygen atoms in total. The fraction of sp³-hybridized carbons (Fsp3) is 0.500. The van der Waals surface area contributed by atoms with Crippen molar-refractivity contribution in [1.82, 2.24) is 0 Å². The number of esters is 1. The second-order valence-electron chi connectivity index (χ2n) is 11.4. The van der Waals surface area contributed by atoms with Crippen LogP contribution in [0.3, 0.4) is 0 Å². The number of fused-ring (bicyclic) bond motifs is 1. The minimum absolute atomic E-state index is 0.0670. The number of rotatable bonds is 5. The van der Waals surface area contributed by atoms with Crippen molar-refractivity contribution in [3.8, 4) is 0 Å². The van der Waals surface area contributed by atoms with Gasteiger partial charge in [-0.25, -0.2) is 0 Å². The molecule has 0 bridgehead atoms. The van der Waals surface area contributed by atoms with Crippen molar-refractivity contribution in [3.05, 3.63) is 64.7 Å². The van der Waals surface area contributed by atoms with Gasteiger partial charge in [-0.15, -0.1) is 0 Å². The number of hydrogen-bond donors (Lipinski definition) is 2. The predicted octanol–water partition coefficient (Wildman–Crippen LogP) is 6.05. The number of amides is 1. The molecule has 0 aromatic heterocycles. The van der Waals surface area contributed by atoms with Gasteiger partial charge in [0, 0.05) is 11.3 Å². The summed E-state index contributed by atoms with van der Waals surface area (Å²) in [6.07, 6.45) is 1.13. The van der Waals surface area contributed by atoms with Crippen molar-refractivity contribution in [2.75, 3.05) is 5.32 Å². The van der Waals surface area contributed by atoms with Crippen LogP contribution in [0.5, 0.6) is 0 Å². The average molecular weight is 452 g/mol. The van der Waals surface area contributed by atoms with Gasteiger partial charge >= 0.3 is 5.97 Å². The zero-order valence-corrected chi connectivity index (χ0v) is 20.9. The molecule has 0 saturated carbocycles. The maximum absolute atomic E-state index is 12.8. The van der Waals surface area contributed by atoms with E-state index < -0.39 is 17.7 Å². The van der Waals surface area contributed by atoms with E-state index in [1.54, 1.807) is 45.0 Å². The van der Waals surface area contributed by atoms with Gasteiger partial charge in [-0.3, -0.25) is 9.59 Å². The van der Waals surface area contributed by atoms with Crippen molar-refractivity contribution < 1.29 is 19.4 Å². The Kier molecular flexibility index (Phi) is 6.77. The molecule has 0 fully saturated rings. The third-order valence-electron chi connectivity index (χ3n) is 6.45. The third-order valence-corrected chi connectivity index (χ3v) is 6.45. The van der Waals surface area contributed by atoms with Crippen LogP contribution in [-0.2, 0) is 20.4 Å². The van der Waals surface area contributed by atoms with Crippen LogP contribution in [0, 0.1) is 0 Å². The first kappa shape index (κ1) is 25.0. The monoisotopic (exact) mass is 451 g/mol. The zero-order valence-electron chi connectivity index (χ0n) is 20.9. The Balaban J connectivity index is 1.70. The molecule has 1 aliphatic carbocycles. The lowest BCUT2D eigenvalue weighted by Crippen LogP contribution is -2.33. The van der Waals surface area contributed by atoms with Crippen molar-refractivity contribution in [2.45, 2.75) is 90.3 Å². The maximum atomic E-state index is 12.8. The summed E-state index contributed by atoms with van der Waals surface area (Å²) in [4.78, 5) is 24.8. The van der Waals surface area contributed by atoms with Gasteiger partial charge in [0.1, 0.15) is 5.60 Å². The van der Waals surface area contributed by atoms with Gasteiger partial charge in [0.25, 0.3) is 5.91 Å². The molecule has 0 heterocycles. The van der Waals surface area contributed by atoms with Crippen LogP contribution in [0.2, 0.25) is 0 Å². The Labute approximate surface area is 197 Å². The number of nitrogens with one attached hydrogen (secondary N) is 1. The summed E-state index contributed by atoms with van der Waals surface area (Å²) in [6.45, 7) is 14.4. The fourth-order valence-electron chi connectivity index (χ4n) is 4.39. The van der Waals surface area contributed by atoms with E-state index in [2.05, 4.69) is 45.1 Å². The molecule has 5 heteroatoms. The van der Waals surface area contributed by atoms with Crippen molar-refractivity contribution in [1.29, 1.82) is 0 Å². The minimum Gasteiger partial charge on any atom is -0.460 e. The number of hydrogen-bond acceptors (Lipinski definition) is 4. The lowest BCUT2D eigenvalue weighted by atomic mass is 9.63. The molecule has 0 saturated heterocycles. The molecule has 1 unspecified atom stereocenters. The molecule has 1 aliphatic rings. The highest BCUT2D eigenvalue weighted by Gasteiger charge is 2.37. The Bertz CT molecular complexity index is 1030. The van der Waals surface area contributed by atoms with Crippen molar-refractivity contribution in [3.63, 3.8) is 0 Å². The lowest BCUT2D eigenvalue weighted by molar-refractivity contribution is -0.157. The van der Waals surface area contributed by atoms with Gasteiger partial charge in [-0.1, -0.05) is 45.9 Å². The van der Waals surface area contributed by atoms with Crippen molar-refractivity contribution in [2.24, 2.45) is 0 Å². The Morgan fingerprint density at radius 1 is 0.970 bits per heavy atom. The van der Waals surface area contributed by atoms with E-state index in [-0.39, 0.29) is 23.2 Å². The summed E-state index contributed by atoms with van der Waals surface area (Å²) in [5.74, 6) is -0.675. The first-order valence-electron chi connectivity index (χ1n) is 11.6. The maximum Gasteiger partial charge on any atom is 0.309 e. The van der Waals surface area contributed by atoms with Gasteiger partial charge < -0.3 is 15.2 Å². The average Bonchev–Trinajstić information content (AvgIpc) is 2.70. The van der Waals surface area contributed by atoms with Crippen LogP contribution >= 0.6 is 0 Å². The second kappa shape index (κ2) is 8.94. The molecule has 33 heavy (non-hydrogen) atoms. The van der Waals surface area contributed by atoms with E-state index in [0.29, 0.717) is 11.1 Å². The third kappa shape index (κ3) is 6.02. The van der Waals surface area contributed by atoms with E-state index in [9.17, 15) is 14.7 Å². The number of carbonyl (C=O) groups is 2. The van der Waals surface area contributed by atoms with Gasteiger partial charge in [0.2, 0.25) is 0 Å². The highest BCUT2D eigenvalue weighted by Crippen LogP contribution is 2.46. The molecule has 3 rings (SSSR count). The molecule has 2 aromatic carbocycles. The topological polar surface area (TPSA) is 75.6 Å². The number of aliphatic hydroxyl groups is 1. The summed E-state index contributed by atoms with van der Waals surface area (Å²) in [5.41, 5.74) is 4.06. The standard InChI is InChI=1S/C28H37NO4/c1-26(2,3)33-24(31)17-23(30)18-8-10-19(11-9-18)25(32)29-20-12-13-21-22(16-20)28(6,7)15-14-27(21,4)5/h8-13,16,23,30H,14-15,17H2,1-7H3,(H,29,32). The normalized spacial score (nSPS) is 17.6. The van der Waals surface area contributed by atoms with E-state index in [0.717, 1.165) is 18.5 Å². The molecule has 0 spiro atoms. The van der Waals surface area contributed by atoms with Crippen LogP contribution in [0.4, 0.5) is 5.69 Å². The first-order valence-corrected chi connectivity index (χ1v) is 11.6. The minimum atomic E-state index is -0.983. The summed E-state index contributed by atoms with van der Waals surface area (Å²) in [7, 11) is 0. The molecule has 1 amide bonds. The molecular formula is C28H37NO4. The molecule has 178 valence electrons. The van der Waals surface area contributed by atoms with Gasteiger partial charge in [-0.05, 0) is 85.4 Å². The van der Waals surface area contributed by atoms with Crippen LogP contribution in [0.15, 0.2) is 42.5 Å². The molecule has 0 radical (unpaired) electrons. The van der Waals surface area contributed by atoms with E-state index >= 15 is 0 Å². The highest BCUT2D eigenvalue weighted by molar-refractivity contribution is 6.04. The SMILES string of the molecule is CC(C)(C)OC(=O)CC(O)c1ccc(C(=O)Nc2ccc3c(c2)C(C)(C)CCC3(C)C)cc1. The predicted molar refractivity (Wildman–Crippen MR) is 132 cm³/mol. The summed E-state index contributed by atoms with van der Waals surface area (Å²) in [5, 5.41) is 13.4. The zero-order chi connectivity index (χ0) is 24.6. The largest absolute Gasteiger partial charge is 0.460 e. The summed E-state index contributed by atoms with van der Waals surface area (Å²) >= 11 is 0. The Hall–Kier alpha value is -2.66. The summed E-state index contributed by atoms with van der Waals surface area (Å²) in [6, 6.07) is 12.9.